The molecule has 0 aromatic carbocycles. The zero-order valence-corrected chi connectivity index (χ0v) is 9.83. The van der Waals surface area contributed by atoms with E-state index < -0.39 is 0 Å². The zero-order chi connectivity index (χ0) is 8.27. The molecule has 1 fully saturated rings. The quantitative estimate of drug-likeness (QED) is 0.726. The van der Waals surface area contributed by atoms with Gasteiger partial charge in [0.2, 0.25) is 0 Å². The molecule has 3 nitrogen and oxygen atoms in total. The molecule has 0 aliphatic carbocycles. The summed E-state index contributed by atoms with van der Waals surface area (Å²) in [6.45, 7) is 7.69. The Hall–Kier alpha value is 0.460. The maximum absolute atomic E-state index is 8.94. The minimum Gasteiger partial charge on any atom is -0.395 e. The van der Waals surface area contributed by atoms with Crippen molar-refractivity contribution < 1.29 is 5.11 Å². The molecule has 1 rings (SSSR count). The first-order valence-corrected chi connectivity index (χ1v) is 4.33. The Morgan fingerprint density at radius 3 is 2.62 bits per heavy atom. The Morgan fingerprint density at radius 1 is 1.54 bits per heavy atom. The Labute approximate surface area is 92.7 Å². The maximum atomic E-state index is 8.94. The number of piperazine rings is 1. The van der Waals surface area contributed by atoms with Crippen LogP contribution in [0.25, 0.3) is 0 Å². The zero-order valence-electron chi connectivity index (χ0n) is 8.19. The lowest BCUT2D eigenvalue weighted by atomic mass is 10.1. The van der Waals surface area contributed by atoms with E-state index in [4.69, 9.17) is 5.11 Å². The fourth-order valence-corrected chi connectivity index (χ4v) is 1.62. The summed E-state index contributed by atoms with van der Waals surface area (Å²) in [7, 11) is 0. The Balaban J connectivity index is 0. The molecule has 0 bridgehead atoms. The second-order valence-corrected chi connectivity index (χ2v) is 3.32. The standard InChI is InChI=1S/C8H18N2O.2ClH/c1-7-5-9-3-4-10(7)8(2)6-11;;/h7-9,11H,3-6H2,1-2H3;2*1H. The number of halogens is 2. The third-order valence-electron chi connectivity index (χ3n) is 2.38. The summed E-state index contributed by atoms with van der Waals surface area (Å²) in [6, 6.07) is 0.873. The number of hydrogen-bond acceptors (Lipinski definition) is 3. The predicted octanol–water partition coefficient (Wildman–Crippen LogP) is 0.505. The van der Waals surface area contributed by atoms with Crippen LogP contribution in [-0.4, -0.2) is 48.3 Å². The van der Waals surface area contributed by atoms with E-state index in [1.54, 1.807) is 0 Å². The van der Waals surface area contributed by atoms with Gasteiger partial charge in [-0.1, -0.05) is 0 Å². The summed E-state index contributed by atoms with van der Waals surface area (Å²) in [5, 5.41) is 12.3. The van der Waals surface area contributed by atoms with E-state index in [1.807, 2.05) is 0 Å². The monoisotopic (exact) mass is 230 g/mol. The van der Waals surface area contributed by atoms with Crippen LogP contribution in [0.3, 0.4) is 0 Å². The summed E-state index contributed by atoms with van der Waals surface area (Å²) >= 11 is 0. The highest BCUT2D eigenvalue weighted by Crippen LogP contribution is 2.06. The summed E-state index contributed by atoms with van der Waals surface area (Å²) in [6.07, 6.45) is 0. The van der Waals surface area contributed by atoms with Crippen LogP contribution in [-0.2, 0) is 0 Å². The van der Waals surface area contributed by atoms with Crippen molar-refractivity contribution in [2.24, 2.45) is 0 Å². The van der Waals surface area contributed by atoms with Crippen LogP contribution in [0.4, 0.5) is 0 Å². The van der Waals surface area contributed by atoms with Gasteiger partial charge in [-0.25, -0.2) is 0 Å². The molecular formula is C8H20Cl2N2O. The summed E-state index contributed by atoms with van der Waals surface area (Å²) in [5.41, 5.74) is 0. The Bertz CT molecular complexity index is 123. The Kier molecular flexibility index (Phi) is 9.58. The van der Waals surface area contributed by atoms with Crippen molar-refractivity contribution in [1.29, 1.82) is 0 Å². The molecule has 5 heteroatoms. The molecule has 0 amide bonds. The van der Waals surface area contributed by atoms with Crippen LogP contribution >= 0.6 is 24.8 Å². The average Bonchev–Trinajstić information content (AvgIpc) is 2.04. The van der Waals surface area contributed by atoms with Crippen LogP contribution in [0.1, 0.15) is 13.8 Å². The summed E-state index contributed by atoms with van der Waals surface area (Å²) in [4.78, 5) is 2.34. The Morgan fingerprint density at radius 2 is 2.15 bits per heavy atom. The van der Waals surface area contributed by atoms with Gasteiger partial charge >= 0.3 is 0 Å². The van der Waals surface area contributed by atoms with Gasteiger partial charge in [0, 0.05) is 31.7 Å². The molecule has 2 unspecified atom stereocenters. The highest BCUT2D eigenvalue weighted by Gasteiger charge is 2.21. The smallest absolute Gasteiger partial charge is 0.0584 e. The molecule has 0 aromatic rings. The van der Waals surface area contributed by atoms with E-state index in [-0.39, 0.29) is 31.4 Å². The molecule has 2 atom stereocenters. The largest absolute Gasteiger partial charge is 0.395 e. The molecule has 1 saturated heterocycles. The molecule has 82 valence electrons. The summed E-state index contributed by atoms with van der Waals surface area (Å²) in [5.74, 6) is 0. The lowest BCUT2D eigenvalue weighted by Crippen LogP contribution is -2.54. The highest BCUT2D eigenvalue weighted by molar-refractivity contribution is 5.85. The van der Waals surface area contributed by atoms with Crippen molar-refractivity contribution in [3.63, 3.8) is 0 Å². The second kappa shape index (κ2) is 7.83. The predicted molar refractivity (Wildman–Crippen MR) is 60.1 cm³/mol. The van der Waals surface area contributed by atoms with Crippen molar-refractivity contribution in [2.75, 3.05) is 26.2 Å². The van der Waals surface area contributed by atoms with Gasteiger partial charge in [0.25, 0.3) is 0 Å². The number of hydrogen-bond donors (Lipinski definition) is 2. The van der Waals surface area contributed by atoms with Gasteiger partial charge in [0.15, 0.2) is 0 Å². The van der Waals surface area contributed by atoms with Crippen LogP contribution < -0.4 is 5.32 Å². The maximum Gasteiger partial charge on any atom is 0.0584 e. The highest BCUT2D eigenvalue weighted by atomic mass is 35.5. The van der Waals surface area contributed by atoms with E-state index in [2.05, 4.69) is 24.1 Å². The van der Waals surface area contributed by atoms with Gasteiger partial charge in [-0.05, 0) is 13.8 Å². The van der Waals surface area contributed by atoms with Crippen molar-refractivity contribution >= 4 is 24.8 Å². The lowest BCUT2D eigenvalue weighted by Gasteiger charge is -2.37. The van der Waals surface area contributed by atoms with E-state index in [9.17, 15) is 0 Å². The van der Waals surface area contributed by atoms with Crippen LogP contribution in [0.2, 0.25) is 0 Å². The van der Waals surface area contributed by atoms with Crippen molar-refractivity contribution in [3.05, 3.63) is 0 Å². The first-order valence-electron chi connectivity index (χ1n) is 4.33. The fourth-order valence-electron chi connectivity index (χ4n) is 1.62. The van der Waals surface area contributed by atoms with Crippen molar-refractivity contribution in [3.8, 4) is 0 Å². The molecule has 0 radical (unpaired) electrons. The average molecular weight is 231 g/mol. The fraction of sp³-hybridized carbons (Fsp3) is 1.00. The van der Waals surface area contributed by atoms with Crippen molar-refractivity contribution in [1.82, 2.24) is 10.2 Å². The third-order valence-corrected chi connectivity index (χ3v) is 2.38. The van der Waals surface area contributed by atoms with Crippen LogP contribution in [0.15, 0.2) is 0 Å². The van der Waals surface area contributed by atoms with E-state index >= 15 is 0 Å². The van der Waals surface area contributed by atoms with E-state index in [1.165, 1.54) is 0 Å². The molecule has 0 spiro atoms. The van der Waals surface area contributed by atoms with E-state index in [0.29, 0.717) is 12.1 Å². The van der Waals surface area contributed by atoms with Crippen LogP contribution in [0.5, 0.6) is 0 Å². The molecule has 1 aliphatic rings. The van der Waals surface area contributed by atoms with E-state index in [0.717, 1.165) is 19.6 Å². The minimum atomic E-state index is 0. The topological polar surface area (TPSA) is 35.5 Å². The van der Waals surface area contributed by atoms with Crippen molar-refractivity contribution in [2.45, 2.75) is 25.9 Å². The van der Waals surface area contributed by atoms with Gasteiger partial charge in [0.05, 0.1) is 6.61 Å². The van der Waals surface area contributed by atoms with Gasteiger partial charge in [-0.2, -0.15) is 0 Å². The third kappa shape index (κ3) is 4.47. The molecule has 1 heterocycles. The lowest BCUT2D eigenvalue weighted by molar-refractivity contribution is 0.0827. The SMILES string of the molecule is CC(CO)N1CCNCC1C.Cl.Cl. The van der Waals surface area contributed by atoms with Gasteiger partial charge < -0.3 is 10.4 Å². The first-order chi connectivity index (χ1) is 5.25. The first kappa shape index (κ1) is 15.9. The molecule has 0 saturated carbocycles. The molecule has 2 N–H and O–H groups in total. The number of nitrogens with zero attached hydrogens (tertiary/aromatic N) is 1. The molecular weight excluding hydrogens is 211 g/mol. The second-order valence-electron chi connectivity index (χ2n) is 3.32. The normalized spacial score (nSPS) is 25.6. The van der Waals surface area contributed by atoms with Gasteiger partial charge in [-0.3, -0.25) is 4.90 Å². The molecule has 13 heavy (non-hydrogen) atoms. The van der Waals surface area contributed by atoms with Gasteiger partial charge in [0.1, 0.15) is 0 Å². The molecule has 1 aliphatic heterocycles. The minimum absolute atomic E-state index is 0. The number of aliphatic hydroxyl groups excluding tert-OH is 1. The summed E-state index contributed by atoms with van der Waals surface area (Å²) < 4.78 is 0. The van der Waals surface area contributed by atoms with Gasteiger partial charge in [-0.15, -0.1) is 24.8 Å². The number of nitrogens with one attached hydrogen (secondary N) is 1. The number of aliphatic hydroxyl groups is 1. The van der Waals surface area contributed by atoms with Crippen LogP contribution in [0, 0.1) is 0 Å². The number of rotatable bonds is 2. The molecule has 0 aromatic heterocycles.